The monoisotopic (exact) mass is 300 g/mol. The van der Waals surface area contributed by atoms with E-state index in [9.17, 15) is 4.79 Å². The van der Waals surface area contributed by atoms with E-state index in [-0.39, 0.29) is 6.54 Å². The molecule has 1 aromatic carbocycles. The lowest BCUT2D eigenvalue weighted by Crippen LogP contribution is -2.26. The summed E-state index contributed by atoms with van der Waals surface area (Å²) >= 11 is 0. The SMILES string of the molecule is CCc1ccc2[nH]c(C)nc2c1N1CC(CN=[N+]=[N-])OC1=O. The van der Waals surface area contributed by atoms with Crippen LogP contribution in [-0.2, 0) is 11.2 Å². The second kappa shape index (κ2) is 5.57. The summed E-state index contributed by atoms with van der Waals surface area (Å²) in [4.78, 5) is 24.2. The standard InChI is InChI=1S/C14H16N6O2/c1-3-9-4-5-11-12(18-8(2)17-11)13(9)20-7-10(6-16-19-15)22-14(20)21/h4-5,10H,3,6-7H2,1-2H3,(H,17,18). The van der Waals surface area contributed by atoms with Crippen LogP contribution in [0.5, 0.6) is 0 Å². The topological polar surface area (TPSA) is 107 Å². The van der Waals surface area contributed by atoms with Gasteiger partial charge in [-0.1, -0.05) is 18.1 Å². The summed E-state index contributed by atoms with van der Waals surface area (Å²) in [5.41, 5.74) is 11.8. The molecule has 1 fully saturated rings. The zero-order chi connectivity index (χ0) is 15.7. The lowest BCUT2D eigenvalue weighted by atomic mass is 10.1. The predicted molar refractivity (Wildman–Crippen MR) is 81.8 cm³/mol. The van der Waals surface area contributed by atoms with Gasteiger partial charge in [0.05, 0.1) is 24.3 Å². The number of carbonyl (C=O) groups excluding carboxylic acids is 1. The molecular weight excluding hydrogens is 284 g/mol. The van der Waals surface area contributed by atoms with E-state index in [1.165, 1.54) is 0 Å². The Bertz CT molecular complexity index is 777. The van der Waals surface area contributed by atoms with Gasteiger partial charge in [-0.15, -0.1) is 0 Å². The number of hydrogen-bond donors (Lipinski definition) is 1. The minimum absolute atomic E-state index is 0.135. The van der Waals surface area contributed by atoms with Crippen molar-refractivity contribution in [2.24, 2.45) is 5.11 Å². The van der Waals surface area contributed by atoms with Gasteiger partial charge in [0.15, 0.2) is 0 Å². The number of amides is 1. The van der Waals surface area contributed by atoms with Crippen LogP contribution in [0.15, 0.2) is 17.2 Å². The number of aromatic amines is 1. The van der Waals surface area contributed by atoms with E-state index in [0.717, 1.165) is 34.5 Å². The molecule has 1 aliphatic rings. The molecule has 0 saturated carbocycles. The maximum Gasteiger partial charge on any atom is 0.414 e. The van der Waals surface area contributed by atoms with Crippen LogP contribution in [0.1, 0.15) is 18.3 Å². The zero-order valence-corrected chi connectivity index (χ0v) is 12.4. The number of rotatable bonds is 4. The molecule has 1 amide bonds. The van der Waals surface area contributed by atoms with Gasteiger partial charge in [-0.25, -0.2) is 9.78 Å². The highest BCUT2D eigenvalue weighted by Gasteiger charge is 2.34. The van der Waals surface area contributed by atoms with Crippen LogP contribution in [0.3, 0.4) is 0 Å². The largest absolute Gasteiger partial charge is 0.444 e. The number of fused-ring (bicyclic) bond motifs is 1. The van der Waals surface area contributed by atoms with Crippen LogP contribution in [0.2, 0.25) is 0 Å². The second-order valence-corrected chi connectivity index (χ2v) is 5.18. The van der Waals surface area contributed by atoms with E-state index in [1.807, 2.05) is 26.0 Å². The number of imidazole rings is 1. The molecule has 1 atom stereocenters. The number of ether oxygens (including phenoxy) is 1. The van der Waals surface area contributed by atoms with Crippen molar-refractivity contribution < 1.29 is 9.53 Å². The van der Waals surface area contributed by atoms with Crippen molar-refractivity contribution in [3.8, 4) is 0 Å². The van der Waals surface area contributed by atoms with E-state index in [2.05, 4.69) is 20.0 Å². The molecule has 2 heterocycles. The van der Waals surface area contributed by atoms with Gasteiger partial charge < -0.3 is 9.72 Å². The number of benzene rings is 1. The van der Waals surface area contributed by atoms with Gasteiger partial charge in [-0.3, -0.25) is 4.90 Å². The molecule has 1 unspecified atom stereocenters. The van der Waals surface area contributed by atoms with Crippen LogP contribution in [0.25, 0.3) is 21.5 Å². The number of hydrogen-bond acceptors (Lipinski definition) is 4. The molecule has 8 nitrogen and oxygen atoms in total. The van der Waals surface area contributed by atoms with Crippen molar-refractivity contribution >= 4 is 22.8 Å². The lowest BCUT2D eigenvalue weighted by molar-refractivity contribution is 0.145. The first-order valence-electron chi connectivity index (χ1n) is 7.11. The van der Waals surface area contributed by atoms with Gasteiger partial charge >= 0.3 is 6.09 Å². The normalized spacial score (nSPS) is 17.6. The van der Waals surface area contributed by atoms with Crippen LogP contribution in [-0.4, -0.2) is 35.3 Å². The van der Waals surface area contributed by atoms with Crippen molar-refractivity contribution in [2.75, 3.05) is 18.0 Å². The first kappa shape index (κ1) is 14.2. The van der Waals surface area contributed by atoms with Crippen LogP contribution < -0.4 is 4.90 Å². The summed E-state index contributed by atoms with van der Waals surface area (Å²) < 4.78 is 5.27. The molecule has 1 aromatic heterocycles. The zero-order valence-electron chi connectivity index (χ0n) is 12.4. The number of nitrogens with one attached hydrogen (secondary N) is 1. The Morgan fingerprint density at radius 1 is 1.59 bits per heavy atom. The number of aromatic nitrogens is 2. The molecular formula is C14H16N6O2. The maximum atomic E-state index is 12.2. The third kappa shape index (κ3) is 2.33. The fourth-order valence-electron chi connectivity index (χ4n) is 2.74. The van der Waals surface area contributed by atoms with E-state index >= 15 is 0 Å². The first-order chi connectivity index (χ1) is 10.6. The van der Waals surface area contributed by atoms with Crippen molar-refractivity contribution in [1.82, 2.24) is 9.97 Å². The second-order valence-electron chi connectivity index (χ2n) is 5.18. The molecule has 1 saturated heterocycles. The highest BCUT2D eigenvalue weighted by molar-refractivity contribution is 6.01. The number of cyclic esters (lactones) is 1. The molecule has 22 heavy (non-hydrogen) atoms. The molecule has 0 radical (unpaired) electrons. The van der Waals surface area contributed by atoms with Crippen molar-refractivity contribution in [1.29, 1.82) is 0 Å². The Hall–Kier alpha value is -2.73. The highest BCUT2D eigenvalue weighted by atomic mass is 16.6. The summed E-state index contributed by atoms with van der Waals surface area (Å²) in [6.45, 7) is 4.40. The molecule has 0 spiro atoms. The number of azide groups is 1. The van der Waals surface area contributed by atoms with E-state index in [4.69, 9.17) is 10.3 Å². The lowest BCUT2D eigenvalue weighted by Gasteiger charge is -2.17. The molecule has 0 bridgehead atoms. The smallest absolute Gasteiger partial charge is 0.414 e. The van der Waals surface area contributed by atoms with Crippen LogP contribution in [0.4, 0.5) is 10.5 Å². The van der Waals surface area contributed by atoms with Gasteiger partial charge in [0, 0.05) is 4.91 Å². The van der Waals surface area contributed by atoms with Gasteiger partial charge in [0.25, 0.3) is 0 Å². The van der Waals surface area contributed by atoms with Crippen LogP contribution in [0, 0.1) is 6.92 Å². The minimum atomic E-state index is -0.430. The predicted octanol–water partition coefficient (Wildman–Crippen LogP) is 3.07. The van der Waals surface area contributed by atoms with Gasteiger partial charge in [0.2, 0.25) is 0 Å². The summed E-state index contributed by atoms with van der Waals surface area (Å²) in [5.74, 6) is 0.794. The molecule has 3 rings (SSSR count). The van der Waals surface area contributed by atoms with E-state index in [0.29, 0.717) is 6.54 Å². The molecule has 1 N–H and O–H groups in total. The third-order valence-corrected chi connectivity index (χ3v) is 3.70. The quantitative estimate of drug-likeness (QED) is 0.532. The Kier molecular flexibility index (Phi) is 3.60. The van der Waals surface area contributed by atoms with Gasteiger partial charge in [-0.05, 0) is 30.5 Å². The number of nitrogens with zero attached hydrogens (tertiary/aromatic N) is 5. The number of anilines is 1. The Morgan fingerprint density at radius 3 is 3.14 bits per heavy atom. The van der Waals surface area contributed by atoms with Gasteiger partial charge in [-0.2, -0.15) is 0 Å². The average molecular weight is 300 g/mol. The molecule has 8 heteroatoms. The Morgan fingerprint density at radius 2 is 2.41 bits per heavy atom. The molecule has 0 aliphatic carbocycles. The summed E-state index contributed by atoms with van der Waals surface area (Å²) in [5, 5.41) is 3.48. The molecule has 2 aromatic rings. The fraction of sp³-hybridized carbons (Fsp3) is 0.429. The summed E-state index contributed by atoms with van der Waals surface area (Å²) in [7, 11) is 0. The van der Waals surface area contributed by atoms with Crippen LogP contribution >= 0.6 is 0 Å². The van der Waals surface area contributed by atoms with E-state index < -0.39 is 12.2 Å². The first-order valence-corrected chi connectivity index (χ1v) is 7.11. The molecule has 114 valence electrons. The highest BCUT2D eigenvalue weighted by Crippen LogP contribution is 2.33. The Balaban J connectivity index is 2.05. The van der Waals surface area contributed by atoms with E-state index in [1.54, 1.807) is 4.90 Å². The summed E-state index contributed by atoms with van der Waals surface area (Å²) in [6, 6.07) is 3.96. The average Bonchev–Trinajstić information content (AvgIpc) is 3.05. The van der Waals surface area contributed by atoms with Crippen molar-refractivity contribution in [3.05, 3.63) is 34.0 Å². The van der Waals surface area contributed by atoms with Crippen molar-refractivity contribution in [2.45, 2.75) is 26.4 Å². The van der Waals surface area contributed by atoms with Crippen molar-refractivity contribution in [3.63, 3.8) is 0 Å². The minimum Gasteiger partial charge on any atom is -0.444 e. The number of carbonyl (C=O) groups is 1. The third-order valence-electron chi connectivity index (χ3n) is 3.70. The van der Waals surface area contributed by atoms with Gasteiger partial charge in [0.1, 0.15) is 17.4 Å². The maximum absolute atomic E-state index is 12.2. The molecule has 1 aliphatic heterocycles. The Labute approximate surface area is 126 Å². The summed E-state index contributed by atoms with van der Waals surface area (Å²) in [6.07, 6.45) is -0.0773. The number of aryl methyl sites for hydroxylation is 2. The fourth-order valence-corrected chi connectivity index (χ4v) is 2.74. The number of H-pyrrole nitrogens is 1.